The van der Waals surface area contributed by atoms with Crippen molar-refractivity contribution >= 4 is 18.5 Å². The van der Waals surface area contributed by atoms with Crippen LogP contribution in [0.1, 0.15) is 6.42 Å². The van der Waals surface area contributed by atoms with Gasteiger partial charge in [-0.15, -0.1) is 0 Å². The molecule has 0 radical (unpaired) electrons. The van der Waals surface area contributed by atoms with E-state index >= 15 is 0 Å². The molecule has 16 heavy (non-hydrogen) atoms. The molecule has 0 saturated carbocycles. The van der Waals surface area contributed by atoms with Crippen molar-refractivity contribution in [2.45, 2.75) is 18.2 Å². The minimum atomic E-state index is -4.72. The summed E-state index contributed by atoms with van der Waals surface area (Å²) in [7, 11) is 0. The second kappa shape index (κ2) is 5.09. The molecule has 1 N–H and O–H groups in total. The van der Waals surface area contributed by atoms with E-state index in [1.807, 2.05) is 0 Å². The van der Waals surface area contributed by atoms with Gasteiger partial charge in [0.25, 0.3) is 5.91 Å². The molecule has 1 aliphatic rings. The van der Waals surface area contributed by atoms with E-state index in [1.54, 1.807) is 0 Å². The Morgan fingerprint density at radius 2 is 2.19 bits per heavy atom. The lowest BCUT2D eigenvalue weighted by molar-refractivity contribution is -0.265. The Morgan fingerprint density at radius 3 is 2.62 bits per heavy atom. The number of thiol groups is 1. The smallest absolute Gasteiger partial charge is 0.353 e. The zero-order valence-corrected chi connectivity index (χ0v) is 9.28. The molecule has 1 heterocycles. The Balaban J connectivity index is 2.87. The zero-order valence-electron chi connectivity index (χ0n) is 8.38. The van der Waals surface area contributed by atoms with Crippen LogP contribution in [0.15, 0.2) is 12.2 Å². The van der Waals surface area contributed by atoms with Crippen LogP contribution < -0.4 is 5.32 Å². The Morgan fingerprint density at radius 1 is 1.50 bits per heavy atom. The number of halogens is 3. The summed E-state index contributed by atoms with van der Waals surface area (Å²) in [6.45, 7) is -0.138. The molecule has 0 aromatic rings. The molecule has 1 amide bonds. The molecule has 0 fully saturated rings. The minimum absolute atomic E-state index is 0.0762. The predicted molar refractivity (Wildman–Crippen MR) is 55.4 cm³/mol. The van der Waals surface area contributed by atoms with E-state index in [0.717, 1.165) is 0 Å². The van der Waals surface area contributed by atoms with Crippen LogP contribution in [-0.4, -0.2) is 36.6 Å². The SMILES string of the molecule is O=C(NCCS)C1(C(F)(F)F)CC=CCO1. The lowest BCUT2D eigenvalue weighted by Crippen LogP contribution is -2.59. The molecular formula is C9H12F3NO2S. The second-order valence-corrected chi connectivity index (χ2v) is 3.74. The number of rotatable bonds is 3. The predicted octanol–water partition coefficient (Wildman–Crippen LogP) is 1.31. The van der Waals surface area contributed by atoms with Crippen LogP contribution in [0.5, 0.6) is 0 Å². The molecule has 1 unspecified atom stereocenters. The first kappa shape index (κ1) is 13.4. The molecule has 0 aliphatic carbocycles. The molecule has 0 bridgehead atoms. The quantitative estimate of drug-likeness (QED) is 0.589. The highest BCUT2D eigenvalue weighted by Crippen LogP contribution is 2.38. The van der Waals surface area contributed by atoms with Crippen LogP contribution in [0.25, 0.3) is 0 Å². The molecular weight excluding hydrogens is 243 g/mol. The van der Waals surface area contributed by atoms with E-state index in [1.165, 1.54) is 12.2 Å². The molecule has 0 spiro atoms. The van der Waals surface area contributed by atoms with Crippen LogP contribution >= 0.6 is 12.6 Å². The van der Waals surface area contributed by atoms with E-state index in [4.69, 9.17) is 0 Å². The van der Waals surface area contributed by atoms with Gasteiger partial charge in [0.15, 0.2) is 0 Å². The van der Waals surface area contributed by atoms with Gasteiger partial charge in [-0.2, -0.15) is 25.8 Å². The highest BCUT2D eigenvalue weighted by Gasteiger charge is 2.61. The standard InChI is InChI=1S/C9H12F3NO2S/c10-9(11,12)8(3-1-2-5-15-8)7(14)13-4-6-16/h1-2,16H,3-6H2,(H,13,14). The van der Waals surface area contributed by atoms with Gasteiger partial charge < -0.3 is 10.1 Å². The largest absolute Gasteiger partial charge is 0.426 e. The molecule has 92 valence electrons. The van der Waals surface area contributed by atoms with Crippen molar-refractivity contribution < 1.29 is 22.7 Å². The normalized spacial score (nSPS) is 25.5. The van der Waals surface area contributed by atoms with Crippen molar-refractivity contribution in [3.8, 4) is 0 Å². The van der Waals surface area contributed by atoms with Crippen molar-refractivity contribution in [3.05, 3.63) is 12.2 Å². The van der Waals surface area contributed by atoms with Gasteiger partial charge in [-0.1, -0.05) is 12.2 Å². The second-order valence-electron chi connectivity index (χ2n) is 3.29. The van der Waals surface area contributed by atoms with E-state index < -0.39 is 24.1 Å². The van der Waals surface area contributed by atoms with E-state index in [-0.39, 0.29) is 18.9 Å². The number of carbonyl (C=O) groups is 1. The highest BCUT2D eigenvalue weighted by molar-refractivity contribution is 7.80. The lowest BCUT2D eigenvalue weighted by Gasteiger charge is -2.34. The fourth-order valence-electron chi connectivity index (χ4n) is 1.36. The Kier molecular flexibility index (Phi) is 4.26. The van der Waals surface area contributed by atoms with Gasteiger partial charge in [0.1, 0.15) is 0 Å². The molecule has 1 atom stereocenters. The summed E-state index contributed by atoms with van der Waals surface area (Å²) >= 11 is 3.81. The lowest BCUT2D eigenvalue weighted by atomic mass is 9.95. The van der Waals surface area contributed by atoms with Gasteiger partial charge >= 0.3 is 6.18 Å². The number of hydrogen-bond acceptors (Lipinski definition) is 3. The first-order chi connectivity index (χ1) is 7.44. The first-order valence-electron chi connectivity index (χ1n) is 4.69. The summed E-state index contributed by atoms with van der Waals surface area (Å²) in [5, 5.41) is 2.16. The topological polar surface area (TPSA) is 38.3 Å². The monoisotopic (exact) mass is 255 g/mol. The average molecular weight is 255 g/mol. The molecule has 1 aliphatic heterocycles. The summed E-state index contributed by atoms with van der Waals surface area (Å²) in [5.41, 5.74) is -2.75. The summed E-state index contributed by atoms with van der Waals surface area (Å²) in [5.74, 6) is -0.881. The van der Waals surface area contributed by atoms with Gasteiger partial charge in [-0.3, -0.25) is 4.79 Å². The summed E-state index contributed by atoms with van der Waals surface area (Å²) in [6.07, 6.45) is -2.46. The molecule has 0 saturated heterocycles. The maximum Gasteiger partial charge on any atom is 0.426 e. The van der Waals surface area contributed by atoms with Crippen LogP contribution in [0, 0.1) is 0 Å². The van der Waals surface area contributed by atoms with E-state index in [9.17, 15) is 18.0 Å². The molecule has 0 aromatic heterocycles. The third-order valence-electron chi connectivity index (χ3n) is 2.22. The van der Waals surface area contributed by atoms with Gasteiger partial charge in [0.05, 0.1) is 6.61 Å². The number of nitrogens with one attached hydrogen (secondary N) is 1. The highest BCUT2D eigenvalue weighted by atomic mass is 32.1. The fourth-order valence-corrected chi connectivity index (χ4v) is 1.48. The third-order valence-corrected chi connectivity index (χ3v) is 2.44. The number of amides is 1. The zero-order chi connectivity index (χ0) is 12.2. The van der Waals surface area contributed by atoms with Gasteiger partial charge in [-0.25, -0.2) is 0 Å². The minimum Gasteiger partial charge on any atom is -0.353 e. The third kappa shape index (κ3) is 2.52. The maximum absolute atomic E-state index is 12.8. The Bertz CT molecular complexity index is 293. The average Bonchev–Trinajstić information content (AvgIpc) is 2.25. The van der Waals surface area contributed by atoms with Crippen molar-refractivity contribution in [1.82, 2.24) is 5.32 Å². The summed E-state index contributed by atoms with van der Waals surface area (Å²) in [4.78, 5) is 11.5. The summed E-state index contributed by atoms with van der Waals surface area (Å²) < 4.78 is 43.1. The van der Waals surface area contributed by atoms with Crippen molar-refractivity contribution in [1.29, 1.82) is 0 Å². The molecule has 7 heteroatoms. The maximum atomic E-state index is 12.8. The van der Waals surface area contributed by atoms with Gasteiger partial charge in [0, 0.05) is 18.7 Å². The Hall–Kier alpha value is -0.690. The van der Waals surface area contributed by atoms with E-state index in [0.29, 0.717) is 0 Å². The van der Waals surface area contributed by atoms with Crippen LogP contribution in [-0.2, 0) is 9.53 Å². The fraction of sp³-hybridized carbons (Fsp3) is 0.667. The summed E-state index contributed by atoms with van der Waals surface area (Å²) in [6, 6.07) is 0. The van der Waals surface area contributed by atoms with Crippen LogP contribution in [0.3, 0.4) is 0 Å². The van der Waals surface area contributed by atoms with Gasteiger partial charge in [-0.05, 0) is 0 Å². The first-order valence-corrected chi connectivity index (χ1v) is 5.32. The van der Waals surface area contributed by atoms with Gasteiger partial charge in [0.2, 0.25) is 5.60 Å². The molecule has 0 aromatic carbocycles. The Labute approximate surface area is 96.4 Å². The van der Waals surface area contributed by atoms with Crippen molar-refractivity contribution in [2.24, 2.45) is 0 Å². The number of carbonyl (C=O) groups excluding carboxylic acids is 1. The van der Waals surface area contributed by atoms with Crippen LogP contribution in [0.2, 0.25) is 0 Å². The van der Waals surface area contributed by atoms with Crippen LogP contribution in [0.4, 0.5) is 13.2 Å². The van der Waals surface area contributed by atoms with Crippen molar-refractivity contribution in [3.63, 3.8) is 0 Å². The molecule has 1 rings (SSSR count). The number of alkyl halides is 3. The number of ether oxygens (including phenoxy) is 1. The van der Waals surface area contributed by atoms with E-state index in [2.05, 4.69) is 22.7 Å². The molecule has 3 nitrogen and oxygen atoms in total. The number of hydrogen-bond donors (Lipinski definition) is 2. The van der Waals surface area contributed by atoms with Crippen molar-refractivity contribution in [2.75, 3.05) is 18.9 Å².